The first-order valence-corrected chi connectivity index (χ1v) is 7.49. The van der Waals surface area contributed by atoms with Crippen LogP contribution in [0.1, 0.15) is 0 Å². The molecule has 8 nitrogen and oxygen atoms in total. The van der Waals surface area contributed by atoms with E-state index in [0.717, 1.165) is 0 Å². The highest BCUT2D eigenvalue weighted by Gasteiger charge is 2.25. The summed E-state index contributed by atoms with van der Waals surface area (Å²) in [5.41, 5.74) is -0.416. The molecule has 1 fully saturated rings. The number of aromatic nitrogens is 2. The molecule has 0 atom stereocenters. The maximum absolute atomic E-state index is 11.9. The molecule has 2 amide bonds. The Labute approximate surface area is 110 Å². The third-order valence-electron chi connectivity index (χ3n) is 2.87. The van der Waals surface area contributed by atoms with Crippen molar-refractivity contribution in [2.75, 3.05) is 29.9 Å². The summed E-state index contributed by atoms with van der Waals surface area (Å²) in [6, 6.07) is -0.509. The Balaban J connectivity index is 2.06. The van der Waals surface area contributed by atoms with Crippen molar-refractivity contribution in [3.8, 4) is 0 Å². The monoisotopic (exact) mass is 286 g/mol. The fourth-order valence-electron chi connectivity index (χ4n) is 1.68. The van der Waals surface area contributed by atoms with Gasteiger partial charge in [-0.2, -0.15) is 0 Å². The lowest BCUT2D eigenvalue weighted by Gasteiger charge is -2.26. The molecule has 1 saturated heterocycles. The number of rotatable bonds is 1. The number of amides is 2. The van der Waals surface area contributed by atoms with Gasteiger partial charge in [-0.3, -0.25) is 10.1 Å². The summed E-state index contributed by atoms with van der Waals surface area (Å²) < 4.78 is 23.8. The van der Waals surface area contributed by atoms with Crippen LogP contribution in [0.25, 0.3) is 0 Å². The molecule has 1 aromatic rings. The molecular formula is C10H14N4O4S. The summed E-state index contributed by atoms with van der Waals surface area (Å²) in [5.74, 6) is -0.176. The summed E-state index contributed by atoms with van der Waals surface area (Å²) in [6.45, 7) is 0.253. The minimum atomic E-state index is -3.04. The molecule has 0 spiro atoms. The van der Waals surface area contributed by atoms with Gasteiger partial charge in [0.1, 0.15) is 0 Å². The zero-order valence-electron chi connectivity index (χ0n) is 10.4. The van der Waals surface area contributed by atoms with Gasteiger partial charge in [-0.25, -0.2) is 18.2 Å². The standard InChI is InChI=1S/C10H14N4O4S/c1-13-3-2-11-8(9(13)15)12-10(16)14-4-6-19(17,18)7-5-14/h2-3H,4-7H2,1H3,(H,11,12,16). The van der Waals surface area contributed by atoms with Gasteiger partial charge in [0.15, 0.2) is 9.84 Å². The molecule has 104 valence electrons. The first kappa shape index (κ1) is 13.5. The molecule has 0 unspecified atom stereocenters. The van der Waals surface area contributed by atoms with Crippen molar-refractivity contribution in [2.24, 2.45) is 7.05 Å². The Morgan fingerprint density at radius 2 is 2.00 bits per heavy atom. The van der Waals surface area contributed by atoms with Gasteiger partial charge in [0.05, 0.1) is 11.5 Å². The van der Waals surface area contributed by atoms with Gasteiger partial charge in [0.2, 0.25) is 5.82 Å². The van der Waals surface area contributed by atoms with E-state index in [0.29, 0.717) is 0 Å². The molecule has 2 rings (SSSR count). The lowest BCUT2D eigenvalue weighted by Crippen LogP contribution is -2.46. The highest BCUT2D eigenvalue weighted by molar-refractivity contribution is 7.91. The summed E-state index contributed by atoms with van der Waals surface area (Å²) in [5, 5.41) is 2.40. The predicted molar refractivity (Wildman–Crippen MR) is 68.7 cm³/mol. The van der Waals surface area contributed by atoms with Crippen molar-refractivity contribution in [3.05, 3.63) is 22.7 Å². The number of urea groups is 1. The lowest BCUT2D eigenvalue weighted by molar-refractivity contribution is 0.216. The Morgan fingerprint density at radius 3 is 2.63 bits per heavy atom. The fraction of sp³-hybridized carbons (Fsp3) is 0.500. The van der Waals surface area contributed by atoms with E-state index < -0.39 is 21.4 Å². The molecule has 2 heterocycles. The zero-order valence-corrected chi connectivity index (χ0v) is 11.2. The highest BCUT2D eigenvalue weighted by Crippen LogP contribution is 2.05. The number of anilines is 1. The van der Waals surface area contributed by atoms with Gasteiger partial charge in [-0.15, -0.1) is 0 Å². The van der Waals surface area contributed by atoms with Crippen molar-refractivity contribution in [2.45, 2.75) is 0 Å². The Kier molecular flexibility index (Phi) is 3.56. The average molecular weight is 286 g/mol. The summed E-state index contributed by atoms with van der Waals surface area (Å²) in [4.78, 5) is 28.7. The summed E-state index contributed by atoms with van der Waals surface area (Å²) in [7, 11) is -1.49. The van der Waals surface area contributed by atoms with Gasteiger partial charge < -0.3 is 9.47 Å². The lowest BCUT2D eigenvalue weighted by atomic mass is 10.5. The van der Waals surface area contributed by atoms with Gasteiger partial charge in [-0.1, -0.05) is 0 Å². The van der Waals surface area contributed by atoms with Gasteiger partial charge >= 0.3 is 6.03 Å². The minimum Gasteiger partial charge on any atom is -0.322 e. The summed E-state index contributed by atoms with van der Waals surface area (Å²) in [6.07, 6.45) is 2.88. The van der Waals surface area contributed by atoms with Crippen LogP contribution in [-0.2, 0) is 16.9 Å². The maximum atomic E-state index is 11.9. The van der Waals surface area contributed by atoms with Crippen LogP contribution in [0.3, 0.4) is 0 Å². The number of carbonyl (C=O) groups is 1. The minimum absolute atomic E-state index is 0.0549. The predicted octanol–water partition coefficient (Wildman–Crippen LogP) is -0.957. The molecule has 1 aromatic heterocycles. The first-order chi connectivity index (χ1) is 8.89. The third kappa shape index (κ3) is 3.11. The number of hydrogen-bond donors (Lipinski definition) is 1. The van der Waals surface area contributed by atoms with E-state index in [-0.39, 0.29) is 30.4 Å². The second-order valence-electron chi connectivity index (χ2n) is 4.26. The number of nitrogens with one attached hydrogen (secondary N) is 1. The highest BCUT2D eigenvalue weighted by atomic mass is 32.2. The van der Waals surface area contributed by atoms with Crippen LogP contribution in [0.2, 0.25) is 0 Å². The van der Waals surface area contributed by atoms with E-state index in [9.17, 15) is 18.0 Å². The molecule has 1 aliphatic rings. The van der Waals surface area contributed by atoms with E-state index in [1.54, 1.807) is 7.05 Å². The molecule has 0 aliphatic carbocycles. The van der Waals surface area contributed by atoms with Crippen LogP contribution in [-0.4, -0.2) is 53.5 Å². The van der Waals surface area contributed by atoms with Crippen molar-refractivity contribution in [1.29, 1.82) is 0 Å². The first-order valence-electron chi connectivity index (χ1n) is 5.67. The Morgan fingerprint density at radius 1 is 1.37 bits per heavy atom. The average Bonchev–Trinajstić information content (AvgIpc) is 2.35. The zero-order chi connectivity index (χ0) is 14.0. The summed E-state index contributed by atoms with van der Waals surface area (Å²) >= 11 is 0. The third-order valence-corrected chi connectivity index (χ3v) is 4.48. The van der Waals surface area contributed by atoms with E-state index in [1.165, 1.54) is 21.9 Å². The van der Waals surface area contributed by atoms with Crippen LogP contribution < -0.4 is 10.9 Å². The second kappa shape index (κ2) is 5.00. The second-order valence-corrected chi connectivity index (χ2v) is 6.56. The smallest absolute Gasteiger partial charge is 0.322 e. The molecule has 0 aromatic carbocycles. The van der Waals surface area contributed by atoms with Crippen LogP contribution in [0, 0.1) is 0 Å². The van der Waals surface area contributed by atoms with E-state index in [4.69, 9.17) is 0 Å². The normalized spacial score (nSPS) is 18.1. The molecule has 0 saturated carbocycles. The molecule has 1 aliphatic heterocycles. The van der Waals surface area contributed by atoms with Gasteiger partial charge in [0.25, 0.3) is 5.56 Å². The number of nitrogens with zero attached hydrogens (tertiary/aromatic N) is 3. The van der Waals surface area contributed by atoms with Crippen molar-refractivity contribution >= 4 is 21.7 Å². The quantitative estimate of drug-likeness (QED) is 0.716. The van der Waals surface area contributed by atoms with Crippen LogP contribution in [0.15, 0.2) is 17.2 Å². The molecular weight excluding hydrogens is 272 g/mol. The van der Waals surface area contributed by atoms with Crippen molar-refractivity contribution < 1.29 is 13.2 Å². The van der Waals surface area contributed by atoms with E-state index >= 15 is 0 Å². The topological polar surface area (TPSA) is 101 Å². The number of aryl methyl sites for hydroxylation is 1. The van der Waals surface area contributed by atoms with E-state index in [2.05, 4.69) is 10.3 Å². The van der Waals surface area contributed by atoms with Gasteiger partial charge in [0, 0.05) is 32.5 Å². The molecule has 0 bridgehead atoms. The number of carbonyl (C=O) groups excluding carboxylic acids is 1. The molecule has 1 N–H and O–H groups in total. The maximum Gasteiger partial charge on any atom is 0.323 e. The van der Waals surface area contributed by atoms with Crippen LogP contribution in [0.5, 0.6) is 0 Å². The Bertz CT molecular complexity index is 638. The van der Waals surface area contributed by atoms with Crippen LogP contribution in [0.4, 0.5) is 10.6 Å². The Hall–Kier alpha value is -1.90. The van der Waals surface area contributed by atoms with Crippen molar-refractivity contribution in [3.63, 3.8) is 0 Å². The molecule has 9 heteroatoms. The SMILES string of the molecule is Cn1ccnc(NC(=O)N2CCS(=O)(=O)CC2)c1=O. The van der Waals surface area contributed by atoms with Crippen LogP contribution >= 0.6 is 0 Å². The fourth-order valence-corrected chi connectivity index (χ4v) is 2.88. The molecule has 19 heavy (non-hydrogen) atoms. The van der Waals surface area contributed by atoms with Crippen molar-refractivity contribution in [1.82, 2.24) is 14.5 Å². The molecule has 0 radical (unpaired) electrons. The number of sulfone groups is 1. The number of hydrogen-bond acceptors (Lipinski definition) is 5. The van der Waals surface area contributed by atoms with Gasteiger partial charge in [-0.05, 0) is 0 Å². The van der Waals surface area contributed by atoms with E-state index in [1.807, 2.05) is 0 Å². The largest absolute Gasteiger partial charge is 0.323 e.